The van der Waals surface area contributed by atoms with E-state index in [4.69, 9.17) is 9.84 Å². The molecule has 0 aromatic heterocycles. The average molecular weight is 388 g/mol. The largest absolute Gasteiger partial charge is 0.480 e. The molecule has 154 valence electrons. The van der Waals surface area contributed by atoms with E-state index in [1.54, 1.807) is 0 Å². The number of rotatable bonds is 8. The van der Waals surface area contributed by atoms with Gasteiger partial charge in [-0.1, -0.05) is 62.9 Å². The third-order valence-corrected chi connectivity index (χ3v) is 6.68. The van der Waals surface area contributed by atoms with Gasteiger partial charge in [-0.15, -0.1) is 0 Å². The Morgan fingerprint density at radius 1 is 1.14 bits per heavy atom. The first-order valence-electron chi connectivity index (χ1n) is 10.7. The summed E-state index contributed by atoms with van der Waals surface area (Å²) in [4.78, 5) is 24.1. The number of hydrogen-bond acceptors (Lipinski definition) is 4. The fraction of sp³-hybridized carbons (Fsp3) is 0.652. The van der Waals surface area contributed by atoms with Crippen molar-refractivity contribution in [1.29, 1.82) is 0 Å². The second kappa shape index (κ2) is 9.55. The van der Waals surface area contributed by atoms with Crippen molar-refractivity contribution in [1.82, 2.24) is 5.32 Å². The highest BCUT2D eigenvalue weighted by Crippen LogP contribution is 2.43. The van der Waals surface area contributed by atoms with Crippen LogP contribution in [-0.2, 0) is 19.7 Å². The molecule has 3 atom stereocenters. The number of carboxylic acid groups (broad SMARTS) is 1. The molecule has 2 unspecified atom stereocenters. The minimum atomic E-state index is -0.845. The van der Waals surface area contributed by atoms with Gasteiger partial charge >= 0.3 is 11.9 Å². The first-order chi connectivity index (χ1) is 13.5. The molecule has 0 amide bonds. The Labute approximate surface area is 167 Å². The van der Waals surface area contributed by atoms with Crippen molar-refractivity contribution < 1.29 is 19.4 Å². The first kappa shape index (κ1) is 20.8. The molecule has 2 N–H and O–H groups in total. The van der Waals surface area contributed by atoms with Crippen LogP contribution in [0.3, 0.4) is 0 Å². The van der Waals surface area contributed by atoms with Gasteiger partial charge in [0.25, 0.3) is 0 Å². The third-order valence-electron chi connectivity index (χ3n) is 6.68. The predicted molar refractivity (Wildman–Crippen MR) is 108 cm³/mol. The highest BCUT2D eigenvalue weighted by atomic mass is 16.5. The van der Waals surface area contributed by atoms with Crippen molar-refractivity contribution >= 4 is 11.9 Å². The van der Waals surface area contributed by atoms with Gasteiger partial charge in [0.05, 0.1) is 12.0 Å². The van der Waals surface area contributed by atoms with Gasteiger partial charge in [-0.25, -0.2) is 0 Å². The zero-order valence-electron chi connectivity index (χ0n) is 16.9. The Balaban J connectivity index is 1.65. The minimum Gasteiger partial charge on any atom is -0.480 e. The van der Waals surface area contributed by atoms with Crippen molar-refractivity contribution in [3.8, 4) is 0 Å². The van der Waals surface area contributed by atoms with Crippen LogP contribution >= 0.6 is 0 Å². The van der Waals surface area contributed by atoms with E-state index in [1.165, 1.54) is 12.8 Å². The fourth-order valence-electron chi connectivity index (χ4n) is 4.91. The van der Waals surface area contributed by atoms with Crippen LogP contribution in [0.2, 0.25) is 0 Å². The second-order valence-corrected chi connectivity index (χ2v) is 8.54. The number of carbonyl (C=O) groups is 2. The van der Waals surface area contributed by atoms with Crippen molar-refractivity contribution in [2.75, 3.05) is 13.1 Å². The summed E-state index contributed by atoms with van der Waals surface area (Å²) in [6.45, 7) is 2.80. The molecule has 1 aromatic carbocycles. The highest BCUT2D eigenvalue weighted by Gasteiger charge is 2.46. The smallest absolute Gasteiger partial charge is 0.317 e. The summed E-state index contributed by atoms with van der Waals surface area (Å²) < 4.78 is 6.12. The molecule has 28 heavy (non-hydrogen) atoms. The third kappa shape index (κ3) is 4.75. The Morgan fingerprint density at radius 3 is 2.43 bits per heavy atom. The number of carbonyl (C=O) groups excluding carboxylic acids is 1. The SMILES string of the molecule is CC1C[C@H](OC(=O)C2(c3ccccc3)CCCCCC2)C1CCNCC(=O)O. The molecule has 0 saturated heterocycles. The summed E-state index contributed by atoms with van der Waals surface area (Å²) in [5.74, 6) is -0.0844. The molecule has 3 rings (SSSR count). The summed E-state index contributed by atoms with van der Waals surface area (Å²) in [6.07, 6.45) is 7.91. The molecule has 0 aliphatic heterocycles. The van der Waals surface area contributed by atoms with Crippen molar-refractivity contribution in [2.24, 2.45) is 11.8 Å². The van der Waals surface area contributed by atoms with Gasteiger partial charge in [-0.05, 0) is 49.6 Å². The topological polar surface area (TPSA) is 75.6 Å². The average Bonchev–Trinajstić information content (AvgIpc) is 2.95. The van der Waals surface area contributed by atoms with Gasteiger partial charge in [-0.2, -0.15) is 0 Å². The predicted octanol–water partition coefficient (Wildman–Crippen LogP) is 3.91. The Bertz CT molecular complexity index is 652. The van der Waals surface area contributed by atoms with Gasteiger partial charge in [0.1, 0.15) is 6.10 Å². The lowest BCUT2D eigenvalue weighted by Crippen LogP contribution is -2.48. The maximum Gasteiger partial charge on any atom is 0.317 e. The fourth-order valence-corrected chi connectivity index (χ4v) is 4.91. The number of carboxylic acids is 1. The molecule has 2 fully saturated rings. The molecule has 2 saturated carbocycles. The van der Waals surface area contributed by atoms with Crippen molar-refractivity contribution in [2.45, 2.75) is 69.8 Å². The zero-order valence-corrected chi connectivity index (χ0v) is 16.9. The maximum atomic E-state index is 13.4. The molecular weight excluding hydrogens is 354 g/mol. The summed E-state index contributed by atoms with van der Waals surface area (Å²) in [7, 11) is 0. The number of ether oxygens (including phenoxy) is 1. The molecule has 0 heterocycles. The van der Waals surface area contributed by atoms with E-state index in [0.29, 0.717) is 18.4 Å². The van der Waals surface area contributed by atoms with Crippen LogP contribution in [0.15, 0.2) is 30.3 Å². The standard InChI is InChI=1S/C23H33NO4/c1-17-15-20(19(17)11-14-24-16-21(25)26)28-22(27)23(12-7-2-3-8-13-23)18-9-5-4-6-10-18/h4-6,9-10,17,19-20,24H,2-3,7-8,11-16H2,1H3,(H,25,26)/t17?,19?,20-/m0/s1. The molecule has 5 nitrogen and oxygen atoms in total. The zero-order chi connectivity index (χ0) is 20.0. The Hall–Kier alpha value is -1.88. The van der Waals surface area contributed by atoms with E-state index in [1.807, 2.05) is 18.2 Å². The molecule has 0 radical (unpaired) electrons. The van der Waals surface area contributed by atoms with E-state index < -0.39 is 11.4 Å². The van der Waals surface area contributed by atoms with E-state index in [-0.39, 0.29) is 18.6 Å². The van der Waals surface area contributed by atoms with Gasteiger partial charge in [0.15, 0.2) is 0 Å². The number of benzene rings is 1. The Kier molecular flexibility index (Phi) is 7.11. The van der Waals surface area contributed by atoms with Gasteiger partial charge < -0.3 is 15.2 Å². The summed E-state index contributed by atoms with van der Waals surface area (Å²) >= 11 is 0. The van der Waals surface area contributed by atoms with Gasteiger partial charge in [-0.3, -0.25) is 9.59 Å². The molecule has 1 aromatic rings. The molecule has 0 spiro atoms. The molecule has 2 aliphatic rings. The summed E-state index contributed by atoms with van der Waals surface area (Å²) in [5, 5.41) is 11.7. The second-order valence-electron chi connectivity index (χ2n) is 8.54. The normalized spacial score (nSPS) is 26.7. The first-order valence-corrected chi connectivity index (χ1v) is 10.7. The van der Waals surface area contributed by atoms with Crippen molar-refractivity contribution in [3.05, 3.63) is 35.9 Å². The quantitative estimate of drug-likeness (QED) is 0.402. The van der Waals surface area contributed by atoms with Gasteiger partial charge in [0.2, 0.25) is 0 Å². The lowest BCUT2D eigenvalue weighted by atomic mass is 9.69. The van der Waals surface area contributed by atoms with Gasteiger partial charge in [0, 0.05) is 0 Å². The lowest BCUT2D eigenvalue weighted by Gasteiger charge is -2.44. The molecule has 5 heteroatoms. The van der Waals surface area contributed by atoms with Crippen molar-refractivity contribution in [3.63, 3.8) is 0 Å². The maximum absolute atomic E-state index is 13.4. The van der Waals surface area contributed by atoms with Crippen LogP contribution in [0.25, 0.3) is 0 Å². The van der Waals surface area contributed by atoms with Crippen LogP contribution in [0.5, 0.6) is 0 Å². The van der Waals surface area contributed by atoms with Crippen LogP contribution in [0, 0.1) is 11.8 Å². The lowest BCUT2D eigenvalue weighted by molar-refractivity contribution is -0.171. The van der Waals surface area contributed by atoms with Crippen LogP contribution < -0.4 is 5.32 Å². The number of hydrogen-bond donors (Lipinski definition) is 2. The minimum absolute atomic E-state index is 0.0251. The molecule has 2 aliphatic carbocycles. The monoisotopic (exact) mass is 387 g/mol. The highest BCUT2D eigenvalue weighted by molar-refractivity contribution is 5.83. The van der Waals surface area contributed by atoms with E-state index in [9.17, 15) is 9.59 Å². The van der Waals surface area contributed by atoms with Crippen LogP contribution in [0.4, 0.5) is 0 Å². The summed E-state index contributed by atoms with van der Waals surface area (Å²) in [5.41, 5.74) is 0.580. The van der Waals surface area contributed by atoms with Crippen LogP contribution in [0.1, 0.15) is 63.9 Å². The number of esters is 1. The number of aliphatic carboxylic acids is 1. The van der Waals surface area contributed by atoms with E-state index >= 15 is 0 Å². The van der Waals surface area contributed by atoms with E-state index in [2.05, 4.69) is 24.4 Å². The Morgan fingerprint density at radius 2 is 1.82 bits per heavy atom. The molecule has 0 bridgehead atoms. The van der Waals surface area contributed by atoms with Crippen LogP contribution in [-0.4, -0.2) is 36.2 Å². The van der Waals surface area contributed by atoms with E-state index in [0.717, 1.165) is 44.1 Å². The number of nitrogens with one attached hydrogen (secondary N) is 1. The summed E-state index contributed by atoms with van der Waals surface area (Å²) in [6, 6.07) is 10.2. The molecular formula is C23H33NO4.